The molecule has 1 N–H and O–H groups in total. The third-order valence-electron chi connectivity index (χ3n) is 3.73. The van der Waals surface area contributed by atoms with E-state index in [0.29, 0.717) is 12.2 Å². The summed E-state index contributed by atoms with van der Waals surface area (Å²) in [7, 11) is -1.98. The predicted octanol–water partition coefficient (Wildman–Crippen LogP) is 3.57. The van der Waals surface area contributed by atoms with Gasteiger partial charge in [-0.1, -0.05) is 29.3 Å². The molecule has 2 aromatic carbocycles. The molecular formula is C18H21ClN2O3S2. The average Bonchev–Trinajstić information content (AvgIpc) is 2.59. The molecule has 0 saturated carbocycles. The highest BCUT2D eigenvalue weighted by molar-refractivity contribution is 7.99. The van der Waals surface area contributed by atoms with Crippen molar-refractivity contribution < 1.29 is 13.2 Å². The zero-order valence-corrected chi connectivity index (χ0v) is 17.2. The van der Waals surface area contributed by atoms with Crippen LogP contribution in [0.15, 0.2) is 47.4 Å². The Hall–Kier alpha value is -1.70. The van der Waals surface area contributed by atoms with E-state index in [1.807, 2.05) is 31.2 Å². The first-order valence-corrected chi connectivity index (χ1v) is 11.1. The van der Waals surface area contributed by atoms with Crippen LogP contribution in [0.3, 0.4) is 0 Å². The summed E-state index contributed by atoms with van der Waals surface area (Å²) in [5.74, 6) is 0.387. The fourth-order valence-corrected chi connectivity index (χ4v) is 3.61. The van der Waals surface area contributed by atoms with Crippen molar-refractivity contribution in [2.24, 2.45) is 0 Å². The molecule has 5 nitrogen and oxygen atoms in total. The van der Waals surface area contributed by atoms with Crippen molar-refractivity contribution >= 4 is 45.0 Å². The highest BCUT2D eigenvalue weighted by atomic mass is 35.5. The number of nitrogens with one attached hydrogen (secondary N) is 1. The van der Waals surface area contributed by atoms with Crippen molar-refractivity contribution in [2.45, 2.75) is 11.8 Å². The van der Waals surface area contributed by atoms with Crippen molar-refractivity contribution in [3.8, 4) is 0 Å². The second kappa shape index (κ2) is 8.79. The van der Waals surface area contributed by atoms with Gasteiger partial charge in [0, 0.05) is 24.2 Å². The van der Waals surface area contributed by atoms with E-state index < -0.39 is 10.0 Å². The van der Waals surface area contributed by atoms with Gasteiger partial charge in [-0.25, -0.2) is 8.42 Å². The molecule has 8 heteroatoms. The molecule has 0 aliphatic carbocycles. The van der Waals surface area contributed by atoms with Gasteiger partial charge in [0.1, 0.15) is 0 Å². The number of amides is 1. The van der Waals surface area contributed by atoms with Crippen molar-refractivity contribution in [3.63, 3.8) is 0 Å². The van der Waals surface area contributed by atoms with Gasteiger partial charge in [0.25, 0.3) is 5.91 Å². The summed E-state index contributed by atoms with van der Waals surface area (Å²) in [4.78, 5) is 13.5. The van der Waals surface area contributed by atoms with Crippen LogP contribution >= 0.6 is 23.4 Å². The van der Waals surface area contributed by atoms with E-state index in [4.69, 9.17) is 11.6 Å². The van der Waals surface area contributed by atoms with E-state index in [-0.39, 0.29) is 16.5 Å². The number of benzene rings is 2. The Morgan fingerprint density at radius 2 is 1.85 bits per heavy atom. The van der Waals surface area contributed by atoms with Crippen molar-refractivity contribution in [3.05, 3.63) is 58.6 Å². The van der Waals surface area contributed by atoms with Gasteiger partial charge < -0.3 is 5.32 Å². The van der Waals surface area contributed by atoms with Crippen LogP contribution in [0.4, 0.5) is 5.69 Å². The first kappa shape index (κ1) is 20.6. The van der Waals surface area contributed by atoms with Gasteiger partial charge >= 0.3 is 0 Å². The monoisotopic (exact) mass is 412 g/mol. The Kier molecular flexibility index (Phi) is 6.97. The molecule has 140 valence electrons. The number of rotatable bonds is 7. The van der Waals surface area contributed by atoms with Crippen LogP contribution in [0.1, 0.15) is 15.9 Å². The van der Waals surface area contributed by atoms with Gasteiger partial charge in [0.15, 0.2) is 0 Å². The van der Waals surface area contributed by atoms with Crippen LogP contribution in [-0.4, -0.2) is 39.9 Å². The van der Waals surface area contributed by atoms with E-state index in [2.05, 4.69) is 5.32 Å². The molecule has 0 spiro atoms. The number of nitrogens with zero attached hydrogens (tertiary/aromatic N) is 1. The van der Waals surface area contributed by atoms with Gasteiger partial charge in [-0.3, -0.25) is 9.10 Å². The summed E-state index contributed by atoms with van der Waals surface area (Å²) in [5.41, 5.74) is 1.84. The van der Waals surface area contributed by atoms with Gasteiger partial charge in [-0.05, 0) is 37.3 Å². The first-order chi connectivity index (χ1) is 12.2. The van der Waals surface area contributed by atoms with Crippen LogP contribution < -0.4 is 9.62 Å². The molecule has 0 aromatic heterocycles. The zero-order valence-electron chi connectivity index (χ0n) is 14.8. The molecule has 0 aliphatic rings. The second-order valence-electron chi connectivity index (χ2n) is 5.81. The number of carbonyl (C=O) groups is 1. The Balaban J connectivity index is 1.97. The summed E-state index contributed by atoms with van der Waals surface area (Å²) in [6.45, 7) is 2.51. The smallest absolute Gasteiger partial charge is 0.252 e. The number of anilines is 1. The van der Waals surface area contributed by atoms with Crippen LogP contribution in [-0.2, 0) is 10.0 Å². The van der Waals surface area contributed by atoms with Crippen LogP contribution in [0.2, 0.25) is 5.02 Å². The fourth-order valence-electron chi connectivity index (χ4n) is 2.14. The maximum absolute atomic E-state index is 12.4. The topological polar surface area (TPSA) is 66.5 Å². The zero-order chi connectivity index (χ0) is 19.3. The Labute approximate surface area is 163 Å². The summed E-state index contributed by atoms with van der Waals surface area (Å²) in [6.07, 6.45) is 1.10. The lowest BCUT2D eigenvalue weighted by atomic mass is 10.2. The van der Waals surface area contributed by atoms with Gasteiger partial charge in [0.05, 0.1) is 22.5 Å². The van der Waals surface area contributed by atoms with E-state index in [1.54, 1.807) is 17.8 Å². The molecule has 0 heterocycles. The summed E-state index contributed by atoms with van der Waals surface area (Å²) in [5, 5.41) is 3.09. The number of aryl methyl sites for hydroxylation is 1. The average molecular weight is 413 g/mol. The molecule has 0 aliphatic heterocycles. The number of thioether (sulfide) groups is 1. The molecule has 2 rings (SSSR count). The van der Waals surface area contributed by atoms with Crippen LogP contribution in [0.25, 0.3) is 0 Å². The van der Waals surface area contributed by atoms with E-state index in [9.17, 15) is 13.2 Å². The number of sulfonamides is 1. The normalized spacial score (nSPS) is 11.2. The quantitative estimate of drug-likeness (QED) is 0.557. The van der Waals surface area contributed by atoms with E-state index in [1.165, 1.54) is 24.7 Å². The molecule has 1 amide bonds. The largest absolute Gasteiger partial charge is 0.351 e. The molecule has 0 bridgehead atoms. The van der Waals surface area contributed by atoms with Crippen molar-refractivity contribution in [1.29, 1.82) is 0 Å². The molecule has 0 unspecified atom stereocenters. The second-order valence-corrected chi connectivity index (χ2v) is 9.40. The molecule has 0 saturated heterocycles. The van der Waals surface area contributed by atoms with Gasteiger partial charge in [0.2, 0.25) is 10.0 Å². The lowest BCUT2D eigenvalue weighted by molar-refractivity contribution is 0.0956. The summed E-state index contributed by atoms with van der Waals surface area (Å²) in [6, 6.07) is 12.7. The molecule has 0 fully saturated rings. The minimum absolute atomic E-state index is 0.250. The molecular weight excluding hydrogens is 392 g/mol. The van der Waals surface area contributed by atoms with Crippen molar-refractivity contribution in [2.75, 3.05) is 29.9 Å². The minimum Gasteiger partial charge on any atom is -0.351 e. The van der Waals surface area contributed by atoms with Crippen LogP contribution in [0.5, 0.6) is 0 Å². The number of halogens is 1. The third-order valence-corrected chi connectivity index (χ3v) is 6.28. The predicted molar refractivity (Wildman–Crippen MR) is 109 cm³/mol. The highest BCUT2D eigenvalue weighted by Crippen LogP contribution is 2.24. The maximum Gasteiger partial charge on any atom is 0.252 e. The number of hydrogen-bond donors (Lipinski definition) is 1. The Bertz CT molecular complexity index is 884. The Morgan fingerprint density at radius 1 is 1.19 bits per heavy atom. The van der Waals surface area contributed by atoms with Gasteiger partial charge in [-0.2, -0.15) is 0 Å². The van der Waals surface area contributed by atoms with E-state index in [0.717, 1.165) is 21.2 Å². The highest BCUT2D eigenvalue weighted by Gasteiger charge is 2.16. The number of carbonyl (C=O) groups excluding carboxylic acids is 1. The summed E-state index contributed by atoms with van der Waals surface area (Å²) < 4.78 is 24.4. The molecule has 0 radical (unpaired) electrons. The van der Waals surface area contributed by atoms with E-state index >= 15 is 0 Å². The number of hydrogen-bond acceptors (Lipinski definition) is 4. The fraction of sp³-hybridized carbons (Fsp3) is 0.278. The molecule has 2 aromatic rings. The standard InChI is InChI=1S/C18H21ClN2O3S2/c1-13-4-7-15(8-5-13)25-11-10-20-18(22)16-12-14(6-9-17(16)19)21(2)26(3,23)24/h4-9,12H,10-11H2,1-3H3,(H,20,22). The van der Waals surface area contributed by atoms with Crippen LogP contribution in [0, 0.1) is 6.92 Å². The molecule has 0 atom stereocenters. The first-order valence-electron chi connectivity index (χ1n) is 7.89. The SMILES string of the molecule is Cc1ccc(SCCNC(=O)c2cc(N(C)S(C)(=O)=O)ccc2Cl)cc1. The Morgan fingerprint density at radius 3 is 2.46 bits per heavy atom. The molecule has 26 heavy (non-hydrogen) atoms. The van der Waals surface area contributed by atoms with Gasteiger partial charge in [-0.15, -0.1) is 11.8 Å². The lowest BCUT2D eigenvalue weighted by Gasteiger charge is -2.18. The van der Waals surface area contributed by atoms with Crippen molar-refractivity contribution in [1.82, 2.24) is 5.32 Å². The lowest BCUT2D eigenvalue weighted by Crippen LogP contribution is -2.28. The summed E-state index contributed by atoms with van der Waals surface area (Å²) >= 11 is 7.75. The maximum atomic E-state index is 12.4. The third kappa shape index (κ3) is 5.65. The minimum atomic E-state index is -3.41.